The Morgan fingerprint density at radius 2 is 2.23 bits per heavy atom. The molecule has 2 rings (SSSR count). The lowest BCUT2D eigenvalue weighted by Crippen LogP contribution is -2.09. The average molecular weight is 299 g/mol. The van der Waals surface area contributed by atoms with Crippen molar-refractivity contribution in [2.45, 2.75) is 40.2 Å². The number of hydrogen-bond donors (Lipinski definition) is 2. The number of fused-ring (bicyclic) bond motifs is 1. The summed E-state index contributed by atoms with van der Waals surface area (Å²) >= 11 is 0. The van der Waals surface area contributed by atoms with Gasteiger partial charge in [-0.2, -0.15) is 4.98 Å². The van der Waals surface area contributed by atoms with E-state index in [0.717, 1.165) is 42.8 Å². The topological polar surface area (TPSA) is 68.8 Å². The first-order valence-corrected chi connectivity index (χ1v) is 7.80. The minimum atomic E-state index is 0.311. The SMILES string of the molecule is C/C=C\C=C(/C)Cn1ccc2nc(N)nc(NCCCC)c21. The van der Waals surface area contributed by atoms with Crippen molar-refractivity contribution in [2.24, 2.45) is 0 Å². The molecule has 5 nitrogen and oxygen atoms in total. The minimum Gasteiger partial charge on any atom is -0.368 e. The highest BCUT2D eigenvalue weighted by Crippen LogP contribution is 2.23. The lowest BCUT2D eigenvalue weighted by Gasteiger charge is -2.11. The van der Waals surface area contributed by atoms with Gasteiger partial charge in [0.05, 0.1) is 5.52 Å². The minimum absolute atomic E-state index is 0.311. The van der Waals surface area contributed by atoms with Crippen LogP contribution in [0.4, 0.5) is 11.8 Å². The summed E-state index contributed by atoms with van der Waals surface area (Å²) in [5, 5.41) is 3.39. The van der Waals surface area contributed by atoms with E-state index >= 15 is 0 Å². The van der Waals surface area contributed by atoms with Crippen LogP contribution in [0.2, 0.25) is 0 Å². The molecule has 0 saturated heterocycles. The Labute approximate surface area is 131 Å². The van der Waals surface area contributed by atoms with Crippen LogP contribution < -0.4 is 11.1 Å². The smallest absolute Gasteiger partial charge is 0.222 e. The molecular formula is C17H25N5. The molecule has 0 bridgehead atoms. The van der Waals surface area contributed by atoms with Crippen molar-refractivity contribution >= 4 is 22.8 Å². The van der Waals surface area contributed by atoms with Crippen LogP contribution in [0, 0.1) is 0 Å². The Bertz CT molecular complexity index is 682. The molecule has 0 spiro atoms. The highest BCUT2D eigenvalue weighted by Gasteiger charge is 2.11. The number of allylic oxidation sites excluding steroid dienone is 4. The maximum atomic E-state index is 5.81. The molecular weight excluding hydrogens is 274 g/mol. The molecule has 2 aromatic heterocycles. The summed E-state index contributed by atoms with van der Waals surface area (Å²) < 4.78 is 2.17. The highest BCUT2D eigenvalue weighted by molar-refractivity contribution is 5.87. The molecule has 0 atom stereocenters. The molecule has 0 radical (unpaired) electrons. The molecule has 0 fully saturated rings. The Hall–Kier alpha value is -2.30. The fraction of sp³-hybridized carbons (Fsp3) is 0.412. The first-order valence-electron chi connectivity index (χ1n) is 7.80. The normalized spacial score (nSPS) is 12.4. The zero-order chi connectivity index (χ0) is 15.9. The molecule has 2 aromatic rings. The Balaban J connectivity index is 2.34. The third kappa shape index (κ3) is 3.87. The van der Waals surface area contributed by atoms with Crippen molar-refractivity contribution in [2.75, 3.05) is 17.6 Å². The summed E-state index contributed by atoms with van der Waals surface area (Å²) in [5.41, 5.74) is 8.98. The van der Waals surface area contributed by atoms with E-state index in [-0.39, 0.29) is 0 Å². The Kier molecular flexibility index (Phi) is 5.58. The van der Waals surface area contributed by atoms with Gasteiger partial charge in [0.2, 0.25) is 5.95 Å². The molecule has 3 N–H and O–H groups in total. The van der Waals surface area contributed by atoms with Gasteiger partial charge in [0.1, 0.15) is 5.52 Å². The molecule has 0 aliphatic rings. The molecule has 0 saturated carbocycles. The number of nitrogens with one attached hydrogen (secondary N) is 1. The van der Waals surface area contributed by atoms with Crippen LogP contribution >= 0.6 is 0 Å². The summed E-state index contributed by atoms with van der Waals surface area (Å²) in [7, 11) is 0. The lowest BCUT2D eigenvalue weighted by molar-refractivity contribution is 0.810. The van der Waals surface area contributed by atoms with Gasteiger partial charge in [-0.1, -0.05) is 37.1 Å². The van der Waals surface area contributed by atoms with E-state index in [1.165, 1.54) is 5.57 Å². The van der Waals surface area contributed by atoms with E-state index < -0.39 is 0 Å². The Morgan fingerprint density at radius 3 is 2.95 bits per heavy atom. The molecule has 0 aliphatic carbocycles. The number of nitrogen functional groups attached to an aromatic ring is 1. The molecule has 5 heteroatoms. The second kappa shape index (κ2) is 7.64. The summed E-state index contributed by atoms with van der Waals surface area (Å²) in [5.74, 6) is 1.13. The first-order chi connectivity index (χ1) is 10.7. The first kappa shape index (κ1) is 16.1. The standard InChI is InChI=1S/C17H25N5/c1-4-6-8-13(3)12-22-11-9-14-15(22)16(19-10-7-5-2)21-17(18)20-14/h4,6,8-9,11H,5,7,10,12H2,1-3H3,(H3,18,19,20,21)/b6-4-,13-8+. The van der Waals surface area contributed by atoms with Gasteiger partial charge in [-0.3, -0.25) is 0 Å². The molecule has 118 valence electrons. The van der Waals surface area contributed by atoms with Gasteiger partial charge >= 0.3 is 0 Å². The molecule has 0 aromatic carbocycles. The van der Waals surface area contributed by atoms with Crippen molar-refractivity contribution in [3.05, 3.63) is 36.1 Å². The number of nitrogens with zero attached hydrogens (tertiary/aromatic N) is 3. The summed E-state index contributed by atoms with van der Waals surface area (Å²) in [4.78, 5) is 8.70. The number of rotatable bonds is 7. The van der Waals surface area contributed by atoms with Crippen LogP contribution in [-0.2, 0) is 6.54 Å². The number of anilines is 2. The van der Waals surface area contributed by atoms with E-state index in [1.807, 2.05) is 25.3 Å². The van der Waals surface area contributed by atoms with Gasteiger partial charge in [-0.25, -0.2) is 4.98 Å². The van der Waals surface area contributed by atoms with Crippen LogP contribution in [0.15, 0.2) is 36.1 Å². The van der Waals surface area contributed by atoms with Crippen LogP contribution in [0.3, 0.4) is 0 Å². The third-order valence-corrected chi connectivity index (χ3v) is 3.44. The summed E-state index contributed by atoms with van der Waals surface area (Å²) in [6.45, 7) is 8.00. The van der Waals surface area contributed by atoms with Gasteiger partial charge in [-0.05, 0) is 26.3 Å². The molecule has 0 amide bonds. The van der Waals surface area contributed by atoms with Crippen molar-refractivity contribution in [3.63, 3.8) is 0 Å². The third-order valence-electron chi connectivity index (χ3n) is 3.44. The second-order valence-corrected chi connectivity index (χ2v) is 5.43. The quantitative estimate of drug-likeness (QED) is 0.603. The predicted molar refractivity (Wildman–Crippen MR) is 93.9 cm³/mol. The summed E-state index contributed by atoms with van der Waals surface area (Å²) in [6, 6.07) is 1.99. The van der Waals surface area contributed by atoms with E-state index in [9.17, 15) is 0 Å². The predicted octanol–water partition coefficient (Wildman–Crippen LogP) is 3.75. The van der Waals surface area contributed by atoms with Gasteiger partial charge in [0.15, 0.2) is 5.82 Å². The maximum absolute atomic E-state index is 5.81. The number of unbranched alkanes of at least 4 members (excludes halogenated alkanes) is 1. The summed E-state index contributed by atoms with van der Waals surface area (Å²) in [6.07, 6.45) is 10.5. The van der Waals surface area contributed by atoms with Crippen LogP contribution in [-0.4, -0.2) is 21.1 Å². The lowest BCUT2D eigenvalue weighted by atomic mass is 10.2. The molecule has 2 heterocycles. The largest absolute Gasteiger partial charge is 0.368 e. The number of aromatic nitrogens is 3. The van der Waals surface area contributed by atoms with Crippen molar-refractivity contribution in [1.82, 2.24) is 14.5 Å². The van der Waals surface area contributed by atoms with Gasteiger partial charge in [0.25, 0.3) is 0 Å². The fourth-order valence-electron chi connectivity index (χ4n) is 2.35. The zero-order valence-corrected chi connectivity index (χ0v) is 13.6. The number of hydrogen-bond acceptors (Lipinski definition) is 4. The highest BCUT2D eigenvalue weighted by atomic mass is 15.1. The van der Waals surface area contributed by atoms with Crippen molar-refractivity contribution < 1.29 is 0 Å². The van der Waals surface area contributed by atoms with Crippen molar-refractivity contribution in [1.29, 1.82) is 0 Å². The van der Waals surface area contributed by atoms with Gasteiger partial charge in [-0.15, -0.1) is 0 Å². The molecule has 22 heavy (non-hydrogen) atoms. The average Bonchev–Trinajstić information content (AvgIpc) is 2.88. The number of nitrogens with two attached hydrogens (primary N) is 1. The van der Waals surface area contributed by atoms with E-state index in [4.69, 9.17) is 5.73 Å². The molecule has 0 aliphatic heterocycles. The van der Waals surface area contributed by atoms with Crippen LogP contribution in [0.25, 0.3) is 11.0 Å². The monoisotopic (exact) mass is 299 g/mol. The van der Waals surface area contributed by atoms with Crippen LogP contribution in [0.1, 0.15) is 33.6 Å². The van der Waals surface area contributed by atoms with E-state index in [0.29, 0.717) is 5.95 Å². The zero-order valence-electron chi connectivity index (χ0n) is 13.6. The van der Waals surface area contributed by atoms with E-state index in [2.05, 4.69) is 45.9 Å². The Morgan fingerprint density at radius 1 is 1.41 bits per heavy atom. The van der Waals surface area contributed by atoms with Crippen molar-refractivity contribution in [3.8, 4) is 0 Å². The van der Waals surface area contributed by atoms with Crippen LogP contribution in [0.5, 0.6) is 0 Å². The fourth-order valence-corrected chi connectivity index (χ4v) is 2.35. The van der Waals surface area contributed by atoms with Gasteiger partial charge in [0, 0.05) is 19.3 Å². The second-order valence-electron chi connectivity index (χ2n) is 5.43. The maximum Gasteiger partial charge on any atom is 0.222 e. The van der Waals surface area contributed by atoms with Gasteiger partial charge < -0.3 is 15.6 Å². The molecule has 0 unspecified atom stereocenters. The van der Waals surface area contributed by atoms with E-state index in [1.54, 1.807) is 0 Å².